The molecule has 0 aliphatic carbocycles. The van der Waals surface area contributed by atoms with Crippen molar-refractivity contribution in [2.75, 3.05) is 26.7 Å². The van der Waals surface area contributed by atoms with Gasteiger partial charge in [-0.25, -0.2) is 5.11 Å². The topological polar surface area (TPSA) is 61.0 Å². The minimum absolute atomic E-state index is 0.131. The zero-order chi connectivity index (χ0) is 7.11. The zero-order valence-corrected chi connectivity index (χ0v) is 5.44. The Morgan fingerprint density at radius 2 is 2.22 bits per heavy atom. The summed E-state index contributed by atoms with van der Waals surface area (Å²) in [6.45, 7) is 0.246. The normalized spacial score (nSPS) is 9.11. The van der Waals surface area contributed by atoms with Crippen LogP contribution in [0.25, 0.3) is 0 Å². The predicted molar refractivity (Wildman–Crippen MR) is 32.5 cm³/mol. The molecule has 0 heterocycles. The number of rotatable bonds is 4. The molecule has 0 atom stereocenters. The van der Waals surface area contributed by atoms with Crippen LogP contribution in [0.1, 0.15) is 0 Å². The molecule has 0 aliphatic rings. The van der Waals surface area contributed by atoms with E-state index < -0.39 is 0 Å². The number of nitrogens with one attached hydrogen (secondary N) is 2. The van der Waals surface area contributed by atoms with Crippen LogP contribution in [-0.4, -0.2) is 32.7 Å². The van der Waals surface area contributed by atoms with E-state index in [1.54, 1.807) is 7.05 Å². The Balaban J connectivity index is 3.06. The molecule has 0 rings (SSSR count). The van der Waals surface area contributed by atoms with E-state index in [9.17, 15) is 9.90 Å². The van der Waals surface area contributed by atoms with Gasteiger partial charge < -0.3 is 10.6 Å². The Bertz CT molecular complexity index is 85.0. The number of carbonyl (C=O) groups is 1. The highest BCUT2D eigenvalue weighted by Gasteiger charge is 1.94. The lowest BCUT2D eigenvalue weighted by Gasteiger charge is -1.99. The van der Waals surface area contributed by atoms with Gasteiger partial charge in [0, 0.05) is 6.54 Å². The summed E-state index contributed by atoms with van der Waals surface area (Å²) in [5, 5.41) is 14.9. The summed E-state index contributed by atoms with van der Waals surface area (Å²) in [5.74, 6) is -0.131. The molecule has 2 N–H and O–H groups in total. The first kappa shape index (κ1) is 8.39. The lowest BCUT2D eigenvalue weighted by Crippen LogP contribution is -2.33. The monoisotopic (exact) mass is 131 g/mol. The van der Waals surface area contributed by atoms with Crippen LogP contribution in [0.2, 0.25) is 0 Å². The van der Waals surface area contributed by atoms with E-state index in [-0.39, 0.29) is 25.6 Å². The molecule has 1 radical (unpaired) electrons. The number of carbonyl (C=O) groups excluding carboxylic acids is 1. The number of hydrogen-bond donors (Lipinski definition) is 2. The molecule has 4 nitrogen and oxygen atoms in total. The Morgan fingerprint density at radius 1 is 1.56 bits per heavy atom. The molecular formula is C5H11N2O2. The number of likely N-dealkylation sites (N-methyl/N-ethyl adjacent to an activating group) is 1. The summed E-state index contributed by atoms with van der Waals surface area (Å²) in [6, 6.07) is 0. The van der Waals surface area contributed by atoms with Gasteiger partial charge >= 0.3 is 0 Å². The fourth-order valence-electron chi connectivity index (χ4n) is 0.414. The third kappa shape index (κ3) is 5.26. The molecule has 0 aromatic heterocycles. The maximum absolute atomic E-state index is 10.5. The Hall–Kier alpha value is -0.610. The van der Waals surface area contributed by atoms with E-state index in [1.807, 2.05) is 0 Å². The maximum Gasteiger partial charge on any atom is 0.234 e. The molecule has 9 heavy (non-hydrogen) atoms. The second kappa shape index (κ2) is 5.53. The average molecular weight is 131 g/mol. The zero-order valence-electron chi connectivity index (χ0n) is 5.44. The summed E-state index contributed by atoms with van der Waals surface area (Å²) in [7, 11) is 1.68. The first-order valence-electron chi connectivity index (χ1n) is 2.80. The molecular weight excluding hydrogens is 120 g/mol. The van der Waals surface area contributed by atoms with Crippen LogP contribution in [0.15, 0.2) is 0 Å². The highest BCUT2D eigenvalue weighted by molar-refractivity contribution is 5.77. The van der Waals surface area contributed by atoms with Gasteiger partial charge in [0.15, 0.2) is 0 Å². The summed E-state index contributed by atoms with van der Waals surface area (Å²) in [4.78, 5) is 10.5. The molecule has 0 unspecified atom stereocenters. The predicted octanol–water partition coefficient (Wildman–Crippen LogP) is -1.25. The number of hydrogen-bond acceptors (Lipinski definition) is 2. The molecule has 0 aromatic rings. The minimum atomic E-state index is -0.255. The summed E-state index contributed by atoms with van der Waals surface area (Å²) in [6.07, 6.45) is 0. The largest absolute Gasteiger partial charge is 0.353 e. The van der Waals surface area contributed by atoms with Crippen LogP contribution in [0.4, 0.5) is 0 Å². The summed E-state index contributed by atoms with van der Waals surface area (Å²) < 4.78 is 0. The molecule has 4 heteroatoms. The summed E-state index contributed by atoms with van der Waals surface area (Å²) in [5.41, 5.74) is 0. The molecule has 0 fully saturated rings. The van der Waals surface area contributed by atoms with Gasteiger partial charge in [-0.2, -0.15) is 0 Å². The molecule has 0 spiro atoms. The average Bonchev–Trinajstić information content (AvgIpc) is 1.85. The van der Waals surface area contributed by atoms with Crippen LogP contribution < -0.4 is 10.6 Å². The van der Waals surface area contributed by atoms with Crippen molar-refractivity contribution in [1.82, 2.24) is 10.6 Å². The van der Waals surface area contributed by atoms with E-state index in [2.05, 4.69) is 10.6 Å². The van der Waals surface area contributed by atoms with Gasteiger partial charge in [-0.15, -0.1) is 0 Å². The summed E-state index contributed by atoms with van der Waals surface area (Å²) >= 11 is 0. The van der Waals surface area contributed by atoms with Crippen molar-refractivity contribution < 1.29 is 9.90 Å². The van der Waals surface area contributed by atoms with Crippen molar-refractivity contribution in [1.29, 1.82) is 0 Å². The molecule has 0 aliphatic heterocycles. The third-order valence-corrected chi connectivity index (χ3v) is 0.762. The lowest BCUT2D eigenvalue weighted by molar-refractivity contribution is -0.120. The maximum atomic E-state index is 10.5. The molecule has 0 aromatic carbocycles. The Labute approximate surface area is 54.3 Å². The standard InChI is InChI=1S/C5H11N2O2/c1-6-4-5(9)7-2-3-8/h6H,2-4H2,1H3,(H,7,9). The van der Waals surface area contributed by atoms with E-state index >= 15 is 0 Å². The fraction of sp³-hybridized carbons (Fsp3) is 0.800. The number of amides is 1. The quantitative estimate of drug-likeness (QED) is 0.501. The van der Waals surface area contributed by atoms with E-state index in [1.165, 1.54) is 0 Å². The van der Waals surface area contributed by atoms with Gasteiger partial charge in [0.05, 0.1) is 13.2 Å². The molecule has 0 bridgehead atoms. The van der Waals surface area contributed by atoms with E-state index in [0.717, 1.165) is 0 Å². The lowest BCUT2D eigenvalue weighted by atomic mass is 10.5. The van der Waals surface area contributed by atoms with Crippen LogP contribution in [0.3, 0.4) is 0 Å². The van der Waals surface area contributed by atoms with Crippen molar-refractivity contribution in [3.63, 3.8) is 0 Å². The van der Waals surface area contributed by atoms with Gasteiger partial charge in [-0.3, -0.25) is 4.79 Å². The molecule has 53 valence electrons. The van der Waals surface area contributed by atoms with Gasteiger partial charge in [0.25, 0.3) is 0 Å². The minimum Gasteiger partial charge on any atom is -0.353 e. The fourth-order valence-corrected chi connectivity index (χ4v) is 0.414. The van der Waals surface area contributed by atoms with Crippen molar-refractivity contribution in [3.8, 4) is 0 Å². The van der Waals surface area contributed by atoms with Crippen LogP contribution in [-0.2, 0) is 9.90 Å². The first-order chi connectivity index (χ1) is 4.31. The second-order valence-corrected chi connectivity index (χ2v) is 1.58. The molecule has 1 amide bonds. The van der Waals surface area contributed by atoms with Crippen LogP contribution in [0, 0.1) is 0 Å². The van der Waals surface area contributed by atoms with Crippen molar-refractivity contribution in [3.05, 3.63) is 0 Å². The smallest absolute Gasteiger partial charge is 0.234 e. The van der Waals surface area contributed by atoms with Gasteiger partial charge in [-0.05, 0) is 7.05 Å². The van der Waals surface area contributed by atoms with Crippen LogP contribution >= 0.6 is 0 Å². The Kier molecular flexibility index (Phi) is 5.15. The van der Waals surface area contributed by atoms with Crippen molar-refractivity contribution >= 4 is 5.91 Å². The van der Waals surface area contributed by atoms with Gasteiger partial charge in [-0.1, -0.05) is 0 Å². The van der Waals surface area contributed by atoms with Crippen molar-refractivity contribution in [2.45, 2.75) is 0 Å². The third-order valence-electron chi connectivity index (χ3n) is 0.762. The van der Waals surface area contributed by atoms with Gasteiger partial charge in [0.1, 0.15) is 0 Å². The van der Waals surface area contributed by atoms with E-state index in [4.69, 9.17) is 0 Å². The first-order valence-corrected chi connectivity index (χ1v) is 2.80. The molecule has 0 saturated heterocycles. The SMILES string of the molecule is CNCC(=O)NCC[O]. The second-order valence-electron chi connectivity index (χ2n) is 1.58. The van der Waals surface area contributed by atoms with E-state index in [0.29, 0.717) is 0 Å². The Morgan fingerprint density at radius 3 is 2.67 bits per heavy atom. The van der Waals surface area contributed by atoms with Crippen molar-refractivity contribution in [2.24, 2.45) is 0 Å². The molecule has 0 saturated carbocycles. The van der Waals surface area contributed by atoms with Crippen LogP contribution in [0.5, 0.6) is 0 Å². The highest BCUT2D eigenvalue weighted by atomic mass is 16.3. The van der Waals surface area contributed by atoms with Gasteiger partial charge in [0.2, 0.25) is 5.91 Å². The highest BCUT2D eigenvalue weighted by Crippen LogP contribution is 1.60.